The fourth-order valence-electron chi connectivity index (χ4n) is 2.34. The molecule has 0 aliphatic rings. The zero-order valence-electron chi connectivity index (χ0n) is 12.3. The molecular formula is C13H11N7O2S. The molecule has 0 atom stereocenters. The molecule has 0 aliphatic carbocycles. The van der Waals surface area contributed by atoms with Crippen molar-refractivity contribution in [2.24, 2.45) is 7.05 Å². The van der Waals surface area contributed by atoms with Crippen molar-refractivity contribution in [3.8, 4) is 10.7 Å². The lowest BCUT2D eigenvalue weighted by molar-refractivity contribution is -0.139. The van der Waals surface area contributed by atoms with Crippen LogP contribution in [0.3, 0.4) is 0 Å². The van der Waals surface area contributed by atoms with E-state index < -0.39 is 0 Å². The summed E-state index contributed by atoms with van der Waals surface area (Å²) in [4.78, 5) is 16.8. The quantitative estimate of drug-likeness (QED) is 0.514. The van der Waals surface area contributed by atoms with Gasteiger partial charge in [-0.25, -0.2) is 4.68 Å². The van der Waals surface area contributed by atoms with E-state index in [9.17, 15) is 4.79 Å². The number of fused-ring (bicyclic) bond motifs is 3. The highest BCUT2D eigenvalue weighted by atomic mass is 32.1. The third-order valence-electron chi connectivity index (χ3n) is 3.37. The number of hydrogen-bond donors (Lipinski definition) is 0. The lowest BCUT2D eigenvalue weighted by atomic mass is 10.3. The maximum Gasteiger partial charge on any atom is 0.311 e. The van der Waals surface area contributed by atoms with Crippen molar-refractivity contribution in [1.29, 1.82) is 0 Å². The summed E-state index contributed by atoms with van der Waals surface area (Å²) in [5.74, 6) is 0.579. The minimum Gasteiger partial charge on any atom is -0.469 e. The maximum atomic E-state index is 11.5. The Morgan fingerprint density at radius 3 is 2.96 bits per heavy atom. The van der Waals surface area contributed by atoms with E-state index in [1.165, 1.54) is 7.11 Å². The number of carbonyl (C=O) groups excluding carboxylic acids is 1. The summed E-state index contributed by atoms with van der Waals surface area (Å²) in [5, 5.41) is 19.0. The normalized spacial score (nSPS) is 11.4. The van der Waals surface area contributed by atoms with Gasteiger partial charge in [-0.3, -0.25) is 4.79 Å². The largest absolute Gasteiger partial charge is 0.469 e. The van der Waals surface area contributed by atoms with Gasteiger partial charge in [-0.15, -0.1) is 26.6 Å². The van der Waals surface area contributed by atoms with Gasteiger partial charge in [0.15, 0.2) is 17.0 Å². The van der Waals surface area contributed by atoms with Crippen LogP contribution in [0.1, 0.15) is 5.69 Å². The number of thiophene rings is 1. The third kappa shape index (κ3) is 2.14. The summed E-state index contributed by atoms with van der Waals surface area (Å²) in [6.45, 7) is 0. The van der Waals surface area contributed by atoms with E-state index in [1.807, 2.05) is 17.5 Å². The fraction of sp³-hybridized carbons (Fsp3) is 0.231. The van der Waals surface area contributed by atoms with Crippen LogP contribution >= 0.6 is 11.3 Å². The first-order valence-electron chi connectivity index (χ1n) is 6.73. The average molecular weight is 329 g/mol. The monoisotopic (exact) mass is 329 g/mol. The van der Waals surface area contributed by atoms with Gasteiger partial charge in [0.2, 0.25) is 0 Å². The predicted molar refractivity (Wildman–Crippen MR) is 81.9 cm³/mol. The molecule has 10 heteroatoms. The van der Waals surface area contributed by atoms with Crippen LogP contribution in [0.4, 0.5) is 0 Å². The van der Waals surface area contributed by atoms with Crippen molar-refractivity contribution >= 4 is 34.2 Å². The molecule has 0 spiro atoms. The number of rotatable bonds is 3. The third-order valence-corrected chi connectivity index (χ3v) is 4.24. The van der Waals surface area contributed by atoms with Crippen molar-refractivity contribution in [2.45, 2.75) is 6.42 Å². The topological polar surface area (TPSA) is 100 Å². The van der Waals surface area contributed by atoms with Gasteiger partial charge in [0.05, 0.1) is 18.4 Å². The molecule has 0 aromatic carbocycles. The standard InChI is InChI=1S/C13H11N7O2S/c1-19-12-10(7(17-19)6-9(21)22-2)15-16-13-14-11(18-20(12)13)8-4-3-5-23-8/h3-5H,6H2,1-2H3. The van der Waals surface area contributed by atoms with Crippen LogP contribution in [0, 0.1) is 0 Å². The van der Waals surface area contributed by atoms with Crippen LogP contribution in [-0.2, 0) is 23.0 Å². The maximum absolute atomic E-state index is 11.5. The average Bonchev–Trinajstić information content (AvgIpc) is 3.25. The van der Waals surface area contributed by atoms with Crippen LogP contribution in [-0.4, -0.2) is 47.7 Å². The molecule has 0 saturated carbocycles. The molecule has 0 amide bonds. The van der Waals surface area contributed by atoms with Gasteiger partial charge in [0.1, 0.15) is 5.69 Å². The zero-order valence-corrected chi connectivity index (χ0v) is 13.1. The first-order valence-corrected chi connectivity index (χ1v) is 7.61. The number of carbonyl (C=O) groups is 1. The smallest absolute Gasteiger partial charge is 0.311 e. The molecule has 0 fully saturated rings. The molecule has 9 nitrogen and oxygen atoms in total. The zero-order chi connectivity index (χ0) is 16.0. The van der Waals surface area contributed by atoms with E-state index in [0.29, 0.717) is 28.5 Å². The number of aryl methyl sites for hydroxylation is 1. The number of ether oxygens (including phenoxy) is 1. The van der Waals surface area contributed by atoms with E-state index in [2.05, 4.69) is 30.1 Å². The molecule has 0 radical (unpaired) electrons. The highest BCUT2D eigenvalue weighted by Crippen LogP contribution is 2.23. The first-order chi connectivity index (χ1) is 11.2. The Morgan fingerprint density at radius 1 is 1.35 bits per heavy atom. The van der Waals surface area contributed by atoms with Crippen LogP contribution < -0.4 is 0 Å². The Balaban J connectivity index is 1.93. The number of esters is 1. The van der Waals surface area contributed by atoms with Gasteiger partial charge in [0.25, 0.3) is 5.78 Å². The van der Waals surface area contributed by atoms with Gasteiger partial charge >= 0.3 is 5.97 Å². The number of nitrogens with zero attached hydrogens (tertiary/aromatic N) is 7. The summed E-state index contributed by atoms with van der Waals surface area (Å²) < 4.78 is 7.88. The summed E-state index contributed by atoms with van der Waals surface area (Å²) in [7, 11) is 3.10. The highest BCUT2D eigenvalue weighted by molar-refractivity contribution is 7.13. The van der Waals surface area contributed by atoms with E-state index in [-0.39, 0.29) is 12.4 Å². The number of aromatic nitrogens is 7. The molecule has 4 rings (SSSR count). The van der Waals surface area contributed by atoms with Gasteiger partial charge in [-0.2, -0.15) is 14.6 Å². The second kappa shape index (κ2) is 5.09. The number of methoxy groups -OCH3 is 1. The minimum atomic E-state index is -0.384. The Morgan fingerprint density at radius 2 is 2.22 bits per heavy atom. The molecule has 23 heavy (non-hydrogen) atoms. The molecule has 0 bridgehead atoms. The molecule has 116 valence electrons. The predicted octanol–water partition coefficient (Wildman–Crippen LogP) is 0.850. The Labute approximate surface area is 133 Å². The van der Waals surface area contributed by atoms with Gasteiger partial charge in [-0.05, 0) is 11.4 Å². The Kier molecular flexibility index (Phi) is 3.05. The molecule has 0 aliphatic heterocycles. The lowest BCUT2D eigenvalue weighted by Gasteiger charge is -1.95. The molecule has 0 saturated heterocycles. The van der Waals surface area contributed by atoms with Crippen LogP contribution in [0.15, 0.2) is 17.5 Å². The molecule has 0 unspecified atom stereocenters. The van der Waals surface area contributed by atoms with Crippen molar-refractivity contribution in [2.75, 3.05) is 7.11 Å². The second-order valence-electron chi connectivity index (χ2n) is 4.82. The van der Waals surface area contributed by atoms with Crippen LogP contribution in [0.25, 0.3) is 27.6 Å². The number of hydrogen-bond acceptors (Lipinski definition) is 8. The van der Waals surface area contributed by atoms with Crippen molar-refractivity contribution in [3.05, 3.63) is 23.2 Å². The molecule has 4 aromatic heterocycles. The summed E-state index contributed by atoms with van der Waals surface area (Å²) in [6.07, 6.45) is 0.0283. The molecule has 0 N–H and O–H groups in total. The second-order valence-corrected chi connectivity index (χ2v) is 5.77. The summed E-state index contributed by atoms with van der Waals surface area (Å²) in [5.41, 5.74) is 1.63. The fourth-order valence-corrected chi connectivity index (χ4v) is 2.99. The van der Waals surface area contributed by atoms with E-state index >= 15 is 0 Å². The molecular weight excluding hydrogens is 318 g/mol. The van der Waals surface area contributed by atoms with Gasteiger partial charge in [-0.1, -0.05) is 6.07 Å². The van der Waals surface area contributed by atoms with Gasteiger partial charge < -0.3 is 4.74 Å². The van der Waals surface area contributed by atoms with E-state index in [4.69, 9.17) is 0 Å². The SMILES string of the molecule is COC(=O)Cc1nn(C)c2c1nnc1nc(-c3cccs3)nn12. The van der Waals surface area contributed by atoms with Crippen molar-refractivity contribution < 1.29 is 9.53 Å². The van der Waals surface area contributed by atoms with Gasteiger partial charge in [0, 0.05) is 7.05 Å². The molecule has 4 aromatic rings. The first kappa shape index (κ1) is 13.8. The van der Waals surface area contributed by atoms with Crippen LogP contribution in [0.5, 0.6) is 0 Å². The van der Waals surface area contributed by atoms with Crippen LogP contribution in [0.2, 0.25) is 0 Å². The van der Waals surface area contributed by atoms with E-state index in [1.54, 1.807) is 27.6 Å². The molecule has 4 heterocycles. The summed E-state index contributed by atoms with van der Waals surface area (Å²) >= 11 is 1.55. The summed E-state index contributed by atoms with van der Waals surface area (Å²) in [6, 6.07) is 3.88. The minimum absolute atomic E-state index is 0.0283. The van der Waals surface area contributed by atoms with Crippen molar-refractivity contribution in [3.63, 3.8) is 0 Å². The highest BCUT2D eigenvalue weighted by Gasteiger charge is 2.19. The van der Waals surface area contributed by atoms with Crippen molar-refractivity contribution in [1.82, 2.24) is 34.6 Å². The lowest BCUT2D eigenvalue weighted by Crippen LogP contribution is -2.06. The Bertz CT molecular complexity index is 1020. The Hall–Kier alpha value is -2.88. The van der Waals surface area contributed by atoms with E-state index in [0.717, 1.165) is 4.88 Å².